The van der Waals surface area contributed by atoms with E-state index in [0.717, 1.165) is 29.5 Å². The lowest BCUT2D eigenvalue weighted by atomic mass is 9.75. The molecule has 0 bridgehead atoms. The van der Waals surface area contributed by atoms with Gasteiger partial charge in [0.25, 0.3) is 0 Å². The Morgan fingerprint density at radius 3 is 1.78 bits per heavy atom. The average molecular weight is 483 g/mol. The van der Waals surface area contributed by atoms with Crippen molar-refractivity contribution in [3.8, 4) is 11.5 Å². The number of phenolic OH excluding ortho intramolecular Hbond substituents is 2. The maximum atomic E-state index is 11.0. The molecule has 0 aliphatic heterocycles. The van der Waals surface area contributed by atoms with Gasteiger partial charge in [0.1, 0.15) is 11.5 Å². The van der Waals surface area contributed by atoms with Crippen LogP contribution >= 0.6 is 0 Å². The molecule has 2 heteroatoms. The minimum Gasteiger partial charge on any atom is -0.508 e. The van der Waals surface area contributed by atoms with Gasteiger partial charge in [0.05, 0.1) is 0 Å². The Morgan fingerprint density at radius 1 is 0.611 bits per heavy atom. The number of rotatable bonds is 5. The smallest absolute Gasteiger partial charge is 0.119 e. The molecule has 0 aromatic heterocycles. The molecule has 2 fully saturated rings. The first-order valence-electron chi connectivity index (χ1n) is 14.2. The van der Waals surface area contributed by atoms with Crippen molar-refractivity contribution >= 4 is 0 Å². The summed E-state index contributed by atoms with van der Waals surface area (Å²) < 4.78 is 0. The minimum atomic E-state index is 0.0166. The molecule has 2 N–H and O–H groups in total. The lowest BCUT2D eigenvalue weighted by Gasteiger charge is -2.29. The van der Waals surface area contributed by atoms with Crippen LogP contribution in [0.15, 0.2) is 48.5 Å². The van der Waals surface area contributed by atoms with E-state index >= 15 is 0 Å². The topological polar surface area (TPSA) is 40.5 Å². The molecule has 3 aromatic carbocycles. The van der Waals surface area contributed by atoms with Gasteiger partial charge in [0, 0.05) is 5.92 Å². The van der Waals surface area contributed by atoms with Crippen LogP contribution < -0.4 is 0 Å². The SMILES string of the molecule is Cc1cc(C)c(C(c2cccc(O)c2)c2cc(C3CCCCC3)c(O)cc2C)cc1C1CCCCC1. The van der Waals surface area contributed by atoms with Crippen LogP contribution in [0.4, 0.5) is 0 Å². The van der Waals surface area contributed by atoms with Crippen LogP contribution in [0.2, 0.25) is 0 Å². The van der Waals surface area contributed by atoms with Gasteiger partial charge >= 0.3 is 0 Å². The van der Waals surface area contributed by atoms with Crippen molar-refractivity contribution in [2.45, 2.75) is 103 Å². The molecule has 0 spiro atoms. The molecule has 1 unspecified atom stereocenters. The molecular weight excluding hydrogens is 440 g/mol. The largest absolute Gasteiger partial charge is 0.508 e. The zero-order valence-corrected chi connectivity index (χ0v) is 22.3. The number of aromatic hydroxyl groups is 2. The van der Waals surface area contributed by atoms with Gasteiger partial charge in [0.2, 0.25) is 0 Å². The summed E-state index contributed by atoms with van der Waals surface area (Å²) in [5.41, 5.74) is 10.1. The fraction of sp³-hybridized carbons (Fsp3) is 0.471. The second-order valence-electron chi connectivity index (χ2n) is 11.5. The molecular formula is C34H42O2. The van der Waals surface area contributed by atoms with Gasteiger partial charge in [-0.2, -0.15) is 0 Å². The third-order valence-electron chi connectivity index (χ3n) is 8.99. The molecule has 190 valence electrons. The van der Waals surface area contributed by atoms with E-state index in [0.29, 0.717) is 23.3 Å². The van der Waals surface area contributed by atoms with E-state index in [-0.39, 0.29) is 5.92 Å². The van der Waals surface area contributed by atoms with Crippen LogP contribution in [0.1, 0.15) is 126 Å². The van der Waals surface area contributed by atoms with Crippen molar-refractivity contribution in [1.29, 1.82) is 0 Å². The highest BCUT2D eigenvalue weighted by molar-refractivity contribution is 5.55. The monoisotopic (exact) mass is 482 g/mol. The molecule has 5 rings (SSSR count). The van der Waals surface area contributed by atoms with Crippen molar-refractivity contribution < 1.29 is 10.2 Å². The number of hydrogen-bond acceptors (Lipinski definition) is 2. The second kappa shape index (κ2) is 10.7. The number of aryl methyl sites for hydroxylation is 3. The Morgan fingerprint density at radius 2 is 1.17 bits per heavy atom. The van der Waals surface area contributed by atoms with Gasteiger partial charge in [-0.25, -0.2) is 0 Å². The fourth-order valence-electron chi connectivity index (χ4n) is 7.06. The molecule has 36 heavy (non-hydrogen) atoms. The zero-order valence-electron chi connectivity index (χ0n) is 22.3. The van der Waals surface area contributed by atoms with Crippen LogP contribution in [0.25, 0.3) is 0 Å². The predicted molar refractivity (Wildman–Crippen MR) is 149 cm³/mol. The number of benzene rings is 3. The van der Waals surface area contributed by atoms with Gasteiger partial charge in [-0.3, -0.25) is 0 Å². The standard InChI is InChI=1S/C34H42O2/c1-22-17-23(2)30(20-29(22)25-11-6-4-7-12-25)34(27-15-10-16-28(35)19-27)31-21-32(33(36)18-24(31)3)26-13-8-5-9-14-26/h10,15-21,25-26,34-36H,4-9,11-14H2,1-3H3. The van der Waals surface area contributed by atoms with Crippen molar-refractivity contribution in [3.63, 3.8) is 0 Å². The predicted octanol–water partition coefficient (Wildman–Crippen LogP) is 9.30. The fourth-order valence-corrected chi connectivity index (χ4v) is 7.06. The summed E-state index contributed by atoms with van der Waals surface area (Å²) in [5, 5.41) is 21.5. The molecule has 2 nitrogen and oxygen atoms in total. The van der Waals surface area contributed by atoms with Crippen LogP contribution in [0.5, 0.6) is 11.5 Å². The summed E-state index contributed by atoms with van der Waals surface area (Å²) in [4.78, 5) is 0. The van der Waals surface area contributed by atoms with Crippen molar-refractivity contribution in [3.05, 3.63) is 93.0 Å². The summed E-state index contributed by atoms with van der Waals surface area (Å²) >= 11 is 0. The quantitative estimate of drug-likeness (QED) is 0.356. The third kappa shape index (κ3) is 5.05. The first-order valence-corrected chi connectivity index (χ1v) is 14.2. The van der Waals surface area contributed by atoms with Gasteiger partial charge in [-0.15, -0.1) is 0 Å². The van der Waals surface area contributed by atoms with Crippen molar-refractivity contribution in [2.75, 3.05) is 0 Å². The maximum Gasteiger partial charge on any atom is 0.119 e. The molecule has 0 radical (unpaired) electrons. The number of phenols is 2. The van der Waals surface area contributed by atoms with Gasteiger partial charge in [-0.1, -0.05) is 68.9 Å². The van der Waals surface area contributed by atoms with E-state index in [2.05, 4.69) is 45.0 Å². The van der Waals surface area contributed by atoms with Crippen LogP contribution in [-0.4, -0.2) is 10.2 Å². The summed E-state index contributed by atoms with van der Waals surface area (Å²) in [6.07, 6.45) is 12.7. The minimum absolute atomic E-state index is 0.0166. The number of hydrogen-bond donors (Lipinski definition) is 2. The van der Waals surface area contributed by atoms with E-state index in [1.807, 2.05) is 18.2 Å². The van der Waals surface area contributed by atoms with Gasteiger partial charge < -0.3 is 10.2 Å². The Kier molecular flexibility index (Phi) is 7.42. The normalized spacial score (nSPS) is 18.3. The van der Waals surface area contributed by atoms with Gasteiger partial charge in [0.15, 0.2) is 0 Å². The van der Waals surface area contributed by atoms with E-state index < -0.39 is 0 Å². The Balaban J connectivity index is 1.68. The van der Waals surface area contributed by atoms with Gasteiger partial charge in [-0.05, 0) is 121 Å². The molecule has 0 saturated heterocycles. The lowest BCUT2D eigenvalue weighted by Crippen LogP contribution is -2.13. The van der Waals surface area contributed by atoms with E-state index in [4.69, 9.17) is 0 Å². The van der Waals surface area contributed by atoms with Crippen LogP contribution in [0, 0.1) is 20.8 Å². The Hall–Kier alpha value is -2.74. The van der Waals surface area contributed by atoms with Crippen molar-refractivity contribution in [2.24, 2.45) is 0 Å². The molecule has 2 aliphatic carbocycles. The average Bonchev–Trinajstić information content (AvgIpc) is 2.88. The third-order valence-corrected chi connectivity index (χ3v) is 8.99. The highest BCUT2D eigenvalue weighted by atomic mass is 16.3. The van der Waals surface area contributed by atoms with E-state index in [1.54, 1.807) is 6.07 Å². The van der Waals surface area contributed by atoms with Crippen molar-refractivity contribution in [1.82, 2.24) is 0 Å². The summed E-state index contributed by atoms with van der Waals surface area (Å²) in [5.74, 6) is 1.84. The molecule has 3 aromatic rings. The molecule has 0 amide bonds. The van der Waals surface area contributed by atoms with E-state index in [9.17, 15) is 10.2 Å². The summed E-state index contributed by atoms with van der Waals surface area (Å²) in [7, 11) is 0. The summed E-state index contributed by atoms with van der Waals surface area (Å²) in [6.45, 7) is 6.64. The Labute approximate surface area is 217 Å². The highest BCUT2D eigenvalue weighted by Crippen LogP contribution is 2.44. The first-order chi connectivity index (χ1) is 17.4. The summed E-state index contributed by atoms with van der Waals surface area (Å²) in [6, 6.07) is 17.0. The highest BCUT2D eigenvalue weighted by Gasteiger charge is 2.27. The van der Waals surface area contributed by atoms with Crippen LogP contribution in [-0.2, 0) is 0 Å². The van der Waals surface area contributed by atoms with E-state index in [1.165, 1.54) is 79.2 Å². The molecule has 0 heterocycles. The molecule has 2 aliphatic rings. The lowest BCUT2D eigenvalue weighted by molar-refractivity contribution is 0.413. The molecule has 1 atom stereocenters. The first kappa shape index (κ1) is 24.9. The zero-order chi connectivity index (χ0) is 25.2. The van der Waals surface area contributed by atoms with Crippen LogP contribution in [0.3, 0.4) is 0 Å². The molecule has 2 saturated carbocycles. The second-order valence-corrected chi connectivity index (χ2v) is 11.5. The Bertz CT molecular complexity index is 1140. The maximum absolute atomic E-state index is 11.0.